The first-order chi connectivity index (χ1) is 16.6. The minimum Gasteiger partial charge on any atom is -0.327 e. The number of carbonyl (C=O) groups is 1. The Bertz CT molecular complexity index is 1190. The first kappa shape index (κ1) is 23.2. The van der Waals surface area contributed by atoms with Crippen LogP contribution < -0.4 is 5.32 Å². The third-order valence-electron chi connectivity index (χ3n) is 7.07. The molecule has 178 valence electrons. The molecule has 0 radical (unpaired) electrons. The summed E-state index contributed by atoms with van der Waals surface area (Å²) in [5, 5.41) is 5.13. The third kappa shape index (κ3) is 5.23. The van der Waals surface area contributed by atoms with E-state index in [4.69, 9.17) is 4.98 Å². The highest BCUT2D eigenvalue weighted by molar-refractivity contribution is 8.02. The van der Waals surface area contributed by atoms with Crippen LogP contribution in [0.2, 0.25) is 0 Å². The summed E-state index contributed by atoms with van der Waals surface area (Å²) in [6, 6.07) is 15.0. The van der Waals surface area contributed by atoms with Crippen LogP contribution in [0.4, 0.5) is 5.69 Å². The lowest BCUT2D eigenvalue weighted by Crippen LogP contribution is -2.34. The molecule has 3 heterocycles. The number of amides is 1. The van der Waals surface area contributed by atoms with Gasteiger partial charge in [0.05, 0.1) is 11.0 Å². The maximum absolute atomic E-state index is 11.4. The molecule has 0 saturated carbocycles. The van der Waals surface area contributed by atoms with Gasteiger partial charge in [0, 0.05) is 30.8 Å². The summed E-state index contributed by atoms with van der Waals surface area (Å²) in [6.45, 7) is 8.11. The van der Waals surface area contributed by atoms with Gasteiger partial charge in [-0.25, -0.2) is 4.98 Å². The molecule has 0 bridgehead atoms. The van der Waals surface area contributed by atoms with Crippen molar-refractivity contribution in [2.45, 2.75) is 51.5 Å². The lowest BCUT2D eigenvalue weighted by Gasteiger charge is -2.32. The Hall–Kier alpha value is -2.57. The highest BCUT2D eigenvalue weighted by atomic mass is 32.2. The lowest BCUT2D eigenvalue weighted by molar-refractivity contribution is -0.114. The summed E-state index contributed by atoms with van der Waals surface area (Å²) in [5.74, 6) is 3.29. The fourth-order valence-corrected chi connectivity index (χ4v) is 6.20. The molecule has 2 aromatic carbocycles. The summed E-state index contributed by atoms with van der Waals surface area (Å²) in [4.78, 5) is 19.0. The smallest absolute Gasteiger partial charge is 0.221 e. The number of nitrogens with zero attached hydrogens (tertiary/aromatic N) is 3. The molecule has 34 heavy (non-hydrogen) atoms. The normalized spacial score (nSPS) is 19.2. The SMILES string of the molecule is CC(=O)Nc1cccc(C2CCN(CCCn3c(C4C=CSC4)nc4cc(C)ccc43)CC2)c1. The van der Waals surface area contributed by atoms with Crippen molar-refractivity contribution >= 4 is 34.4 Å². The van der Waals surface area contributed by atoms with Gasteiger partial charge in [-0.2, -0.15) is 0 Å². The standard InChI is InChI=1S/C28H34N4OS/c1-20-7-8-27-26(17-20)30-28(24-11-16-34-19-24)32(27)13-4-12-31-14-9-22(10-15-31)23-5-3-6-25(18-23)29-21(2)33/h3,5-8,11,16-18,22,24H,4,9-10,12-15,19H2,1-2H3,(H,29,33). The van der Waals surface area contributed by atoms with Crippen LogP contribution in [0.15, 0.2) is 53.9 Å². The number of fused-ring (bicyclic) bond motifs is 1. The monoisotopic (exact) mass is 474 g/mol. The van der Waals surface area contributed by atoms with Crippen molar-refractivity contribution in [3.63, 3.8) is 0 Å². The molecule has 1 aromatic heterocycles. The maximum Gasteiger partial charge on any atom is 0.221 e. The molecule has 0 aliphatic carbocycles. The zero-order valence-electron chi connectivity index (χ0n) is 20.2. The second-order valence-electron chi connectivity index (χ2n) is 9.66. The van der Waals surface area contributed by atoms with Crippen LogP contribution in [0, 0.1) is 6.92 Å². The molecule has 2 aliphatic heterocycles. The van der Waals surface area contributed by atoms with Gasteiger partial charge in [0.25, 0.3) is 0 Å². The molecule has 6 heteroatoms. The largest absolute Gasteiger partial charge is 0.327 e. The highest BCUT2D eigenvalue weighted by Gasteiger charge is 2.23. The van der Waals surface area contributed by atoms with Gasteiger partial charge in [0.2, 0.25) is 5.91 Å². The van der Waals surface area contributed by atoms with Crippen molar-refractivity contribution in [1.29, 1.82) is 0 Å². The number of hydrogen-bond donors (Lipinski definition) is 1. The van der Waals surface area contributed by atoms with E-state index in [-0.39, 0.29) is 5.91 Å². The van der Waals surface area contributed by atoms with Crippen molar-refractivity contribution in [1.82, 2.24) is 14.5 Å². The number of anilines is 1. The van der Waals surface area contributed by atoms with Gasteiger partial charge in [-0.1, -0.05) is 24.3 Å². The number of likely N-dealkylation sites (tertiary alicyclic amines) is 1. The van der Waals surface area contributed by atoms with Crippen molar-refractivity contribution in [2.24, 2.45) is 0 Å². The molecule has 0 spiro atoms. The Morgan fingerprint density at radius 2 is 2.00 bits per heavy atom. The summed E-state index contributed by atoms with van der Waals surface area (Å²) in [7, 11) is 0. The Labute approximate surface area is 206 Å². The van der Waals surface area contributed by atoms with E-state index in [0.29, 0.717) is 11.8 Å². The number of imidazole rings is 1. The van der Waals surface area contributed by atoms with Crippen LogP contribution in [0.5, 0.6) is 0 Å². The molecule has 1 fully saturated rings. The number of benzene rings is 2. The number of piperidine rings is 1. The molecule has 1 saturated heterocycles. The minimum atomic E-state index is -0.0151. The van der Waals surface area contributed by atoms with E-state index in [2.05, 4.69) is 69.6 Å². The van der Waals surface area contributed by atoms with Crippen LogP contribution in [0.3, 0.4) is 0 Å². The van der Waals surface area contributed by atoms with E-state index in [0.717, 1.165) is 49.6 Å². The Morgan fingerprint density at radius 3 is 2.76 bits per heavy atom. The number of aromatic nitrogens is 2. The summed E-state index contributed by atoms with van der Waals surface area (Å²) >= 11 is 1.88. The topological polar surface area (TPSA) is 50.2 Å². The first-order valence-electron chi connectivity index (χ1n) is 12.4. The average Bonchev–Trinajstić information content (AvgIpc) is 3.47. The Morgan fingerprint density at radius 1 is 1.15 bits per heavy atom. The zero-order chi connectivity index (χ0) is 23.5. The van der Waals surface area contributed by atoms with Crippen LogP contribution >= 0.6 is 11.8 Å². The second-order valence-corrected chi connectivity index (χ2v) is 10.6. The van der Waals surface area contributed by atoms with Crippen LogP contribution in [0.1, 0.15) is 55.0 Å². The maximum atomic E-state index is 11.4. The number of carbonyl (C=O) groups excluding carboxylic acids is 1. The number of thioether (sulfide) groups is 1. The molecule has 1 N–H and O–H groups in total. The van der Waals surface area contributed by atoms with E-state index < -0.39 is 0 Å². The molecule has 1 amide bonds. The van der Waals surface area contributed by atoms with Crippen LogP contribution in [-0.2, 0) is 11.3 Å². The summed E-state index contributed by atoms with van der Waals surface area (Å²) in [5.41, 5.74) is 5.91. The fraction of sp³-hybridized carbons (Fsp3) is 0.429. The molecular weight excluding hydrogens is 440 g/mol. The number of rotatable bonds is 7. The molecule has 3 aromatic rings. The number of aryl methyl sites for hydroxylation is 2. The summed E-state index contributed by atoms with van der Waals surface area (Å²) in [6.07, 6.45) is 5.79. The molecule has 1 unspecified atom stereocenters. The number of allylic oxidation sites excluding steroid dienone is 1. The number of nitrogens with one attached hydrogen (secondary N) is 1. The third-order valence-corrected chi connectivity index (χ3v) is 7.97. The van der Waals surface area contributed by atoms with Gasteiger partial charge in [-0.05, 0) is 92.5 Å². The molecule has 1 atom stereocenters. The Kier molecular flexibility index (Phi) is 7.07. The van der Waals surface area contributed by atoms with Gasteiger partial charge < -0.3 is 14.8 Å². The zero-order valence-corrected chi connectivity index (χ0v) is 21.0. The fourth-order valence-electron chi connectivity index (χ4n) is 5.32. The van der Waals surface area contributed by atoms with Gasteiger partial charge in [0.1, 0.15) is 5.82 Å². The molecule has 5 nitrogen and oxygen atoms in total. The van der Waals surface area contributed by atoms with E-state index >= 15 is 0 Å². The molecular formula is C28H34N4OS. The van der Waals surface area contributed by atoms with Gasteiger partial charge in [-0.3, -0.25) is 4.79 Å². The molecule has 5 rings (SSSR count). The van der Waals surface area contributed by atoms with E-state index in [1.807, 2.05) is 17.8 Å². The van der Waals surface area contributed by atoms with Crippen molar-refractivity contribution < 1.29 is 4.79 Å². The minimum absolute atomic E-state index is 0.0151. The number of hydrogen-bond acceptors (Lipinski definition) is 4. The van der Waals surface area contributed by atoms with Gasteiger partial charge in [0.15, 0.2) is 0 Å². The van der Waals surface area contributed by atoms with E-state index in [1.54, 1.807) is 6.92 Å². The van der Waals surface area contributed by atoms with E-state index in [1.165, 1.54) is 35.3 Å². The van der Waals surface area contributed by atoms with E-state index in [9.17, 15) is 4.79 Å². The predicted molar refractivity (Wildman–Crippen MR) is 143 cm³/mol. The van der Waals surface area contributed by atoms with Crippen molar-refractivity contribution in [3.05, 3.63) is 70.9 Å². The first-order valence-corrected chi connectivity index (χ1v) is 13.5. The van der Waals surface area contributed by atoms with Crippen LogP contribution in [-0.4, -0.2) is 45.7 Å². The predicted octanol–water partition coefficient (Wildman–Crippen LogP) is 5.92. The lowest BCUT2D eigenvalue weighted by atomic mass is 9.89. The summed E-state index contributed by atoms with van der Waals surface area (Å²) < 4.78 is 2.47. The average molecular weight is 475 g/mol. The molecule has 2 aliphatic rings. The highest BCUT2D eigenvalue weighted by Crippen LogP contribution is 2.32. The van der Waals surface area contributed by atoms with Crippen molar-refractivity contribution in [2.75, 3.05) is 30.7 Å². The van der Waals surface area contributed by atoms with Crippen LogP contribution in [0.25, 0.3) is 11.0 Å². The van der Waals surface area contributed by atoms with Gasteiger partial charge in [-0.15, -0.1) is 11.8 Å². The van der Waals surface area contributed by atoms with Gasteiger partial charge >= 0.3 is 0 Å². The van der Waals surface area contributed by atoms with Crippen molar-refractivity contribution in [3.8, 4) is 0 Å². The quantitative estimate of drug-likeness (QED) is 0.462. The Balaban J connectivity index is 1.19. The second kappa shape index (κ2) is 10.4.